The lowest BCUT2D eigenvalue weighted by Gasteiger charge is -2.05. The van der Waals surface area contributed by atoms with E-state index in [0.29, 0.717) is 0 Å². The van der Waals surface area contributed by atoms with Crippen LogP contribution in [-0.4, -0.2) is 6.54 Å². The first-order chi connectivity index (χ1) is 6.16. The minimum Gasteiger partial charge on any atom is -0.330 e. The molecule has 13 heavy (non-hydrogen) atoms. The normalized spacial score (nSPS) is 10.8. The Balaban J connectivity index is 3.03. The molecule has 1 aromatic carbocycles. The summed E-state index contributed by atoms with van der Waals surface area (Å²) in [6.45, 7) is 0.254. The minimum absolute atomic E-state index is 0.250. The van der Waals surface area contributed by atoms with Crippen LogP contribution in [0.5, 0.6) is 0 Å². The number of nitrogens with two attached hydrogens (primary N) is 1. The van der Waals surface area contributed by atoms with E-state index >= 15 is 0 Å². The monoisotopic (exact) mass is 189 g/mol. The van der Waals surface area contributed by atoms with Crippen molar-refractivity contribution in [2.75, 3.05) is 6.54 Å². The van der Waals surface area contributed by atoms with Crippen molar-refractivity contribution < 1.29 is 13.2 Å². The molecule has 0 unspecified atom stereocenters. The van der Waals surface area contributed by atoms with Gasteiger partial charge in [-0.1, -0.05) is 18.2 Å². The molecule has 0 saturated carbocycles. The number of benzene rings is 1. The van der Waals surface area contributed by atoms with Gasteiger partial charge in [0.15, 0.2) is 0 Å². The number of hydrogen-bond acceptors (Lipinski definition) is 1. The van der Waals surface area contributed by atoms with E-state index < -0.39 is 17.8 Å². The molecule has 0 aliphatic carbocycles. The molecule has 1 nitrogen and oxygen atoms in total. The van der Waals surface area contributed by atoms with E-state index in [1.54, 1.807) is 0 Å². The highest BCUT2D eigenvalue weighted by Crippen LogP contribution is 2.23. The topological polar surface area (TPSA) is 26.0 Å². The zero-order chi connectivity index (χ0) is 9.84. The summed E-state index contributed by atoms with van der Waals surface area (Å²) in [6.07, 6.45) is -2.48. The van der Waals surface area contributed by atoms with Crippen molar-refractivity contribution in [3.05, 3.63) is 35.1 Å². The Labute approximate surface area is 74.4 Å². The SMILES string of the molecule is NCCc1cccc(C(F)F)c1F. The fourth-order valence-corrected chi connectivity index (χ4v) is 1.12. The highest BCUT2D eigenvalue weighted by molar-refractivity contribution is 5.27. The van der Waals surface area contributed by atoms with Crippen molar-refractivity contribution in [3.8, 4) is 0 Å². The zero-order valence-electron chi connectivity index (χ0n) is 6.93. The van der Waals surface area contributed by atoms with Crippen LogP contribution in [0.2, 0.25) is 0 Å². The second kappa shape index (κ2) is 4.28. The highest BCUT2D eigenvalue weighted by atomic mass is 19.3. The minimum atomic E-state index is -2.77. The number of hydrogen-bond donors (Lipinski definition) is 1. The van der Waals surface area contributed by atoms with E-state index in [1.807, 2.05) is 0 Å². The van der Waals surface area contributed by atoms with Gasteiger partial charge in [-0.2, -0.15) is 0 Å². The van der Waals surface area contributed by atoms with E-state index in [1.165, 1.54) is 12.1 Å². The van der Waals surface area contributed by atoms with Gasteiger partial charge in [0.25, 0.3) is 6.43 Å². The highest BCUT2D eigenvalue weighted by Gasteiger charge is 2.15. The molecule has 0 aliphatic heterocycles. The third kappa shape index (κ3) is 2.21. The van der Waals surface area contributed by atoms with Gasteiger partial charge in [-0.15, -0.1) is 0 Å². The van der Waals surface area contributed by atoms with Gasteiger partial charge < -0.3 is 5.73 Å². The fourth-order valence-electron chi connectivity index (χ4n) is 1.12. The lowest BCUT2D eigenvalue weighted by Crippen LogP contribution is -2.06. The first-order valence-corrected chi connectivity index (χ1v) is 3.92. The summed E-state index contributed by atoms with van der Waals surface area (Å²) < 4.78 is 37.5. The van der Waals surface area contributed by atoms with E-state index in [0.717, 1.165) is 6.07 Å². The lowest BCUT2D eigenvalue weighted by molar-refractivity contribution is 0.146. The molecule has 0 amide bonds. The summed E-state index contributed by atoms with van der Waals surface area (Å²) in [7, 11) is 0. The molecule has 4 heteroatoms. The predicted octanol–water partition coefficient (Wildman–Crippen LogP) is 2.26. The largest absolute Gasteiger partial charge is 0.330 e. The van der Waals surface area contributed by atoms with Crippen molar-refractivity contribution in [2.45, 2.75) is 12.8 Å². The second-order valence-corrected chi connectivity index (χ2v) is 2.66. The number of alkyl halides is 2. The van der Waals surface area contributed by atoms with Crippen LogP contribution in [-0.2, 0) is 6.42 Å². The van der Waals surface area contributed by atoms with E-state index in [-0.39, 0.29) is 18.5 Å². The molecule has 1 aromatic rings. The summed E-state index contributed by atoms with van der Waals surface area (Å²) in [6, 6.07) is 3.96. The van der Waals surface area contributed by atoms with Crippen molar-refractivity contribution >= 4 is 0 Å². The molecule has 0 spiro atoms. The Bertz CT molecular complexity index is 286. The molecule has 2 N–H and O–H groups in total. The summed E-state index contributed by atoms with van der Waals surface area (Å²) in [4.78, 5) is 0. The van der Waals surface area contributed by atoms with Gasteiger partial charge in [-0.25, -0.2) is 13.2 Å². The third-order valence-electron chi connectivity index (χ3n) is 1.76. The fraction of sp³-hybridized carbons (Fsp3) is 0.333. The molecule has 0 heterocycles. The number of halogens is 3. The van der Waals surface area contributed by atoms with Crippen molar-refractivity contribution in [3.63, 3.8) is 0 Å². The maximum absolute atomic E-state index is 13.2. The molecule has 0 saturated heterocycles. The summed E-state index contributed by atoms with van der Waals surface area (Å²) in [5.74, 6) is -0.831. The molecule has 0 radical (unpaired) electrons. The first-order valence-electron chi connectivity index (χ1n) is 3.92. The Morgan fingerprint density at radius 2 is 2.00 bits per heavy atom. The van der Waals surface area contributed by atoms with Gasteiger partial charge in [0.1, 0.15) is 5.82 Å². The molecule has 0 fully saturated rings. The van der Waals surface area contributed by atoms with Gasteiger partial charge in [0.2, 0.25) is 0 Å². The van der Waals surface area contributed by atoms with E-state index in [2.05, 4.69) is 0 Å². The van der Waals surface area contributed by atoms with Crippen LogP contribution < -0.4 is 5.73 Å². The lowest BCUT2D eigenvalue weighted by atomic mass is 10.1. The number of rotatable bonds is 3. The summed E-state index contributed by atoms with van der Waals surface area (Å²) in [5.41, 5.74) is 4.90. The Kier molecular flexibility index (Phi) is 3.31. The van der Waals surface area contributed by atoms with Crippen molar-refractivity contribution in [1.82, 2.24) is 0 Å². The maximum atomic E-state index is 13.2. The molecule has 0 aliphatic rings. The van der Waals surface area contributed by atoms with E-state index in [4.69, 9.17) is 5.73 Å². The molecule has 0 bridgehead atoms. The maximum Gasteiger partial charge on any atom is 0.266 e. The van der Waals surface area contributed by atoms with Crippen LogP contribution in [0.15, 0.2) is 18.2 Å². The standard InChI is InChI=1S/C9H10F3N/c10-8-6(4-5-13)2-1-3-7(8)9(11)12/h1-3,9H,4-5,13H2. The van der Waals surface area contributed by atoms with Crippen molar-refractivity contribution in [1.29, 1.82) is 0 Å². The van der Waals surface area contributed by atoms with Crippen LogP contribution in [0.1, 0.15) is 17.6 Å². The molecule has 0 aromatic heterocycles. The third-order valence-corrected chi connectivity index (χ3v) is 1.76. The molecule has 72 valence electrons. The summed E-state index contributed by atoms with van der Waals surface area (Å²) >= 11 is 0. The van der Waals surface area contributed by atoms with Crippen LogP contribution >= 0.6 is 0 Å². The van der Waals surface area contributed by atoms with Crippen LogP contribution in [0.25, 0.3) is 0 Å². The predicted molar refractivity (Wildman–Crippen MR) is 44.1 cm³/mol. The van der Waals surface area contributed by atoms with Gasteiger partial charge in [-0.05, 0) is 18.5 Å². The molecule has 1 rings (SSSR count). The average molecular weight is 189 g/mol. The van der Waals surface area contributed by atoms with E-state index in [9.17, 15) is 13.2 Å². The van der Waals surface area contributed by atoms with Crippen LogP contribution in [0, 0.1) is 5.82 Å². The zero-order valence-corrected chi connectivity index (χ0v) is 6.93. The Morgan fingerprint density at radius 3 is 2.54 bits per heavy atom. The first kappa shape index (κ1) is 10.1. The van der Waals surface area contributed by atoms with Gasteiger partial charge in [-0.3, -0.25) is 0 Å². The quantitative estimate of drug-likeness (QED) is 0.775. The van der Waals surface area contributed by atoms with Gasteiger partial charge in [0.05, 0.1) is 5.56 Å². The molecule has 0 atom stereocenters. The Hall–Kier alpha value is -1.03. The van der Waals surface area contributed by atoms with Crippen LogP contribution in [0.3, 0.4) is 0 Å². The Morgan fingerprint density at radius 1 is 1.31 bits per heavy atom. The molecular formula is C9H10F3N. The van der Waals surface area contributed by atoms with Gasteiger partial charge in [0, 0.05) is 0 Å². The van der Waals surface area contributed by atoms with Crippen LogP contribution in [0.4, 0.5) is 13.2 Å². The average Bonchev–Trinajstić information content (AvgIpc) is 2.08. The van der Waals surface area contributed by atoms with Crippen molar-refractivity contribution in [2.24, 2.45) is 5.73 Å². The summed E-state index contributed by atoms with van der Waals surface area (Å²) in [5, 5.41) is 0. The smallest absolute Gasteiger partial charge is 0.266 e. The van der Waals surface area contributed by atoms with Gasteiger partial charge >= 0.3 is 0 Å². The molecular weight excluding hydrogens is 179 g/mol. The second-order valence-electron chi connectivity index (χ2n) is 2.66.